The molecule has 8 heteroatoms. The van der Waals surface area contributed by atoms with Crippen molar-refractivity contribution in [3.8, 4) is 0 Å². The zero-order valence-corrected chi connectivity index (χ0v) is 24.2. The highest BCUT2D eigenvalue weighted by Gasteiger charge is 2.45. The van der Waals surface area contributed by atoms with Crippen molar-refractivity contribution in [3.63, 3.8) is 0 Å². The van der Waals surface area contributed by atoms with Crippen LogP contribution in [0.2, 0.25) is 0 Å². The van der Waals surface area contributed by atoms with E-state index in [1.54, 1.807) is 37.4 Å². The standard InChI is InChI=1S/C29H45N3O4S/c1-19-11-10-12-20(2)24(19)25(26(33)30-21-13-8-7-9-14-21)32(22-15-16-22)27(34)23(17-18-37-6)31-28(35)36-29(3,4)5/h10-12,21-23,25H,7-9,13-18H2,1-6H3,(H,30,33)(H,31,35). The molecular weight excluding hydrogens is 486 g/mol. The van der Waals surface area contributed by atoms with E-state index in [0.717, 1.165) is 55.2 Å². The van der Waals surface area contributed by atoms with E-state index >= 15 is 0 Å². The number of amides is 3. The van der Waals surface area contributed by atoms with Gasteiger partial charge in [0, 0.05) is 12.1 Å². The van der Waals surface area contributed by atoms with Gasteiger partial charge in [0.1, 0.15) is 17.7 Å². The predicted octanol–water partition coefficient (Wildman–Crippen LogP) is 5.43. The SMILES string of the molecule is CSCCC(NC(=O)OC(C)(C)C)C(=O)N(C1CC1)C(C(=O)NC1CCCCC1)c1c(C)cccc1C. The zero-order chi connectivity index (χ0) is 27.2. The second kappa shape index (κ2) is 13.0. The maximum Gasteiger partial charge on any atom is 0.408 e. The Labute approximate surface area is 226 Å². The van der Waals surface area contributed by atoms with Crippen LogP contribution in [-0.4, -0.2) is 58.5 Å². The molecule has 2 aliphatic rings. The Balaban J connectivity index is 1.97. The third kappa shape index (κ3) is 8.39. The summed E-state index contributed by atoms with van der Waals surface area (Å²) in [5, 5.41) is 6.12. The van der Waals surface area contributed by atoms with Crippen LogP contribution in [0.1, 0.15) is 94.9 Å². The molecule has 206 valence electrons. The van der Waals surface area contributed by atoms with Gasteiger partial charge >= 0.3 is 6.09 Å². The van der Waals surface area contributed by atoms with Crippen LogP contribution in [0.3, 0.4) is 0 Å². The summed E-state index contributed by atoms with van der Waals surface area (Å²) in [6, 6.07) is 4.60. The number of rotatable bonds is 10. The van der Waals surface area contributed by atoms with E-state index < -0.39 is 23.8 Å². The molecule has 2 unspecified atom stereocenters. The summed E-state index contributed by atoms with van der Waals surface area (Å²) in [7, 11) is 0. The summed E-state index contributed by atoms with van der Waals surface area (Å²) >= 11 is 1.62. The van der Waals surface area contributed by atoms with Crippen molar-refractivity contribution in [1.82, 2.24) is 15.5 Å². The average molecular weight is 532 g/mol. The third-order valence-corrected chi connectivity index (χ3v) is 7.73. The van der Waals surface area contributed by atoms with Gasteiger partial charge in [-0.1, -0.05) is 37.5 Å². The second-order valence-electron chi connectivity index (χ2n) is 11.5. The van der Waals surface area contributed by atoms with Crippen molar-refractivity contribution in [1.29, 1.82) is 0 Å². The smallest absolute Gasteiger partial charge is 0.408 e. The molecule has 3 amide bonds. The predicted molar refractivity (Wildman–Crippen MR) is 150 cm³/mol. The highest BCUT2D eigenvalue weighted by Crippen LogP contribution is 2.38. The van der Waals surface area contributed by atoms with Gasteiger partial charge < -0.3 is 20.3 Å². The molecule has 2 saturated carbocycles. The normalized spacial score (nSPS) is 18.0. The number of ether oxygens (including phenoxy) is 1. The minimum Gasteiger partial charge on any atom is -0.444 e. The topological polar surface area (TPSA) is 87.7 Å². The largest absolute Gasteiger partial charge is 0.444 e. The fraction of sp³-hybridized carbons (Fsp3) is 0.690. The molecule has 0 saturated heterocycles. The Hall–Kier alpha value is -2.22. The second-order valence-corrected chi connectivity index (χ2v) is 12.5. The van der Waals surface area contributed by atoms with E-state index in [0.29, 0.717) is 12.2 Å². The van der Waals surface area contributed by atoms with Gasteiger partial charge in [0.05, 0.1) is 0 Å². The lowest BCUT2D eigenvalue weighted by Crippen LogP contribution is -2.55. The molecule has 0 radical (unpaired) electrons. The summed E-state index contributed by atoms with van der Waals surface area (Å²) in [6.07, 6.45) is 8.90. The van der Waals surface area contributed by atoms with Crippen LogP contribution in [0.15, 0.2) is 18.2 Å². The summed E-state index contributed by atoms with van der Waals surface area (Å²) in [5.74, 6) is 0.367. The highest BCUT2D eigenvalue weighted by molar-refractivity contribution is 7.98. The van der Waals surface area contributed by atoms with Crippen molar-refractivity contribution in [2.75, 3.05) is 12.0 Å². The maximum atomic E-state index is 14.2. The Morgan fingerprint density at radius 1 is 1.05 bits per heavy atom. The van der Waals surface area contributed by atoms with Gasteiger partial charge in [-0.15, -0.1) is 0 Å². The first kappa shape index (κ1) is 29.3. The fourth-order valence-electron chi connectivity index (χ4n) is 5.18. The van der Waals surface area contributed by atoms with Crippen molar-refractivity contribution in [2.45, 2.75) is 116 Å². The van der Waals surface area contributed by atoms with Crippen LogP contribution in [0, 0.1) is 13.8 Å². The number of hydrogen-bond acceptors (Lipinski definition) is 5. The van der Waals surface area contributed by atoms with Crippen LogP contribution >= 0.6 is 11.8 Å². The molecule has 2 aliphatic carbocycles. The number of aryl methyl sites for hydroxylation is 2. The Bertz CT molecular complexity index is 931. The van der Waals surface area contributed by atoms with Crippen LogP contribution in [0.25, 0.3) is 0 Å². The van der Waals surface area contributed by atoms with Crippen molar-refractivity contribution < 1.29 is 19.1 Å². The third-order valence-electron chi connectivity index (χ3n) is 7.09. The number of hydrogen-bond donors (Lipinski definition) is 2. The van der Waals surface area contributed by atoms with E-state index in [1.807, 2.05) is 38.3 Å². The van der Waals surface area contributed by atoms with E-state index in [-0.39, 0.29) is 23.9 Å². The van der Waals surface area contributed by atoms with E-state index in [1.165, 1.54) is 6.42 Å². The molecule has 0 bridgehead atoms. The number of carbonyl (C=O) groups is 3. The molecule has 0 aliphatic heterocycles. The molecule has 0 spiro atoms. The molecule has 3 rings (SSSR count). The summed E-state index contributed by atoms with van der Waals surface area (Å²) < 4.78 is 5.48. The van der Waals surface area contributed by atoms with Crippen molar-refractivity contribution in [3.05, 3.63) is 34.9 Å². The van der Waals surface area contributed by atoms with Gasteiger partial charge in [0.25, 0.3) is 0 Å². The minimum atomic E-state index is -0.766. The first-order valence-electron chi connectivity index (χ1n) is 13.7. The number of nitrogens with zero attached hydrogens (tertiary/aromatic N) is 1. The van der Waals surface area contributed by atoms with Crippen molar-refractivity contribution >= 4 is 29.7 Å². The van der Waals surface area contributed by atoms with Crippen LogP contribution in [0.4, 0.5) is 4.79 Å². The lowest BCUT2D eigenvalue weighted by atomic mass is 9.91. The molecule has 37 heavy (non-hydrogen) atoms. The molecule has 7 nitrogen and oxygen atoms in total. The number of nitrogens with one attached hydrogen (secondary N) is 2. The number of alkyl carbamates (subject to hydrolysis) is 1. The molecule has 1 aromatic rings. The first-order chi connectivity index (χ1) is 17.5. The maximum absolute atomic E-state index is 14.2. The lowest BCUT2D eigenvalue weighted by molar-refractivity contribution is -0.143. The lowest BCUT2D eigenvalue weighted by Gasteiger charge is -2.37. The van der Waals surface area contributed by atoms with Crippen LogP contribution < -0.4 is 10.6 Å². The van der Waals surface area contributed by atoms with Gasteiger partial charge in [-0.25, -0.2) is 4.79 Å². The fourth-order valence-corrected chi connectivity index (χ4v) is 5.65. The molecule has 2 N–H and O–H groups in total. The molecular formula is C29H45N3O4S. The Morgan fingerprint density at radius 3 is 2.22 bits per heavy atom. The highest BCUT2D eigenvalue weighted by atomic mass is 32.2. The zero-order valence-electron chi connectivity index (χ0n) is 23.4. The summed E-state index contributed by atoms with van der Waals surface area (Å²) in [5.41, 5.74) is 2.19. The van der Waals surface area contributed by atoms with Crippen molar-refractivity contribution in [2.24, 2.45) is 0 Å². The molecule has 0 aromatic heterocycles. The van der Waals surface area contributed by atoms with Crippen LogP contribution in [-0.2, 0) is 14.3 Å². The molecule has 2 atom stereocenters. The minimum absolute atomic E-state index is 0.0224. The van der Waals surface area contributed by atoms with Gasteiger partial charge in [-0.2, -0.15) is 11.8 Å². The van der Waals surface area contributed by atoms with Gasteiger partial charge in [0.2, 0.25) is 11.8 Å². The average Bonchev–Trinajstić information content (AvgIpc) is 3.65. The van der Waals surface area contributed by atoms with E-state index in [2.05, 4.69) is 10.6 Å². The quantitative estimate of drug-likeness (QED) is 0.420. The molecule has 0 heterocycles. The molecule has 2 fully saturated rings. The molecule has 1 aromatic carbocycles. The van der Waals surface area contributed by atoms with E-state index in [4.69, 9.17) is 4.74 Å². The van der Waals surface area contributed by atoms with E-state index in [9.17, 15) is 14.4 Å². The number of thioether (sulfide) groups is 1. The van der Waals surface area contributed by atoms with Gasteiger partial charge in [-0.3, -0.25) is 9.59 Å². The first-order valence-corrected chi connectivity index (χ1v) is 15.1. The Kier molecular flexibility index (Phi) is 10.3. The van der Waals surface area contributed by atoms with Gasteiger partial charge in [0.15, 0.2) is 0 Å². The number of carbonyl (C=O) groups excluding carboxylic acids is 3. The monoisotopic (exact) mass is 531 g/mol. The number of benzene rings is 1. The summed E-state index contributed by atoms with van der Waals surface area (Å²) in [6.45, 7) is 9.41. The van der Waals surface area contributed by atoms with Crippen LogP contribution in [0.5, 0.6) is 0 Å². The summed E-state index contributed by atoms with van der Waals surface area (Å²) in [4.78, 5) is 42.7. The van der Waals surface area contributed by atoms with Gasteiger partial charge in [-0.05, 0) is 95.4 Å². The Morgan fingerprint density at radius 2 is 1.68 bits per heavy atom.